The Bertz CT molecular complexity index is 573. The highest BCUT2D eigenvalue weighted by molar-refractivity contribution is 14.0. The van der Waals surface area contributed by atoms with Gasteiger partial charge in [0.05, 0.1) is 0 Å². The van der Waals surface area contributed by atoms with Crippen LogP contribution in [0.5, 0.6) is 0 Å². The lowest BCUT2D eigenvalue weighted by Gasteiger charge is -2.22. The molecule has 1 aliphatic carbocycles. The van der Waals surface area contributed by atoms with Gasteiger partial charge < -0.3 is 20.4 Å². The first kappa shape index (κ1) is 19.1. The van der Waals surface area contributed by atoms with E-state index in [0.717, 1.165) is 37.4 Å². The molecule has 2 aliphatic rings. The number of hydrogen-bond acceptors (Lipinski definition) is 3. The molecule has 0 spiro atoms. The Labute approximate surface area is 160 Å². The van der Waals surface area contributed by atoms with Crippen LogP contribution in [-0.2, 0) is 6.54 Å². The molecule has 24 heavy (non-hydrogen) atoms. The molecular weight excluding hydrogens is 419 g/mol. The van der Waals surface area contributed by atoms with Crippen LogP contribution in [0.1, 0.15) is 48.9 Å². The van der Waals surface area contributed by atoms with Crippen molar-refractivity contribution in [3.63, 3.8) is 0 Å². The maximum Gasteiger partial charge on any atom is 0.284 e. The van der Waals surface area contributed by atoms with Crippen LogP contribution in [-0.4, -0.2) is 36.4 Å². The van der Waals surface area contributed by atoms with E-state index in [9.17, 15) is 4.79 Å². The first-order valence-electron chi connectivity index (χ1n) is 8.59. The lowest BCUT2D eigenvalue weighted by Crippen LogP contribution is -2.40. The molecule has 2 heterocycles. The monoisotopic (exact) mass is 446 g/mol. The molecule has 3 rings (SSSR count). The maximum absolute atomic E-state index is 11.1. The van der Waals surface area contributed by atoms with Gasteiger partial charge in [0.1, 0.15) is 12.3 Å². The lowest BCUT2D eigenvalue weighted by molar-refractivity contribution is 0.0972. The number of aliphatic imine (C=N–C) groups is 1. The van der Waals surface area contributed by atoms with Crippen molar-refractivity contribution in [1.29, 1.82) is 0 Å². The fourth-order valence-corrected chi connectivity index (χ4v) is 3.75. The summed E-state index contributed by atoms with van der Waals surface area (Å²) in [7, 11) is 0. The third-order valence-electron chi connectivity index (χ3n) is 4.90. The van der Waals surface area contributed by atoms with Crippen molar-refractivity contribution < 1.29 is 9.21 Å². The Morgan fingerprint density at radius 1 is 1.33 bits per heavy atom. The third-order valence-corrected chi connectivity index (χ3v) is 4.90. The van der Waals surface area contributed by atoms with Gasteiger partial charge in [-0.15, -0.1) is 24.0 Å². The van der Waals surface area contributed by atoms with E-state index < -0.39 is 5.91 Å². The first-order chi connectivity index (χ1) is 11.2. The van der Waals surface area contributed by atoms with Crippen molar-refractivity contribution in [2.24, 2.45) is 22.6 Å². The van der Waals surface area contributed by atoms with Crippen molar-refractivity contribution in [1.82, 2.24) is 10.2 Å². The second-order valence-electron chi connectivity index (χ2n) is 6.51. The number of nitrogens with one attached hydrogen (secondary N) is 1. The maximum atomic E-state index is 11.1. The predicted molar refractivity (Wildman–Crippen MR) is 104 cm³/mol. The number of furan rings is 1. The molecule has 1 amide bonds. The molecule has 1 saturated heterocycles. The minimum absolute atomic E-state index is 0. The Kier molecular flexibility index (Phi) is 6.94. The Hall–Kier alpha value is -1.25. The molecule has 0 bridgehead atoms. The molecule has 0 radical (unpaired) electrons. The standard InChI is InChI=1S/C17H26N4O2.HI/c1-2-19-17(20-9-14-7-8-15(23-14)16(18)22)21-10-12-5-3-4-6-13(12)11-21;/h7-8,12-13H,2-6,9-11H2,1H3,(H2,18,22)(H,19,20);1H. The van der Waals surface area contributed by atoms with Crippen LogP contribution in [0.3, 0.4) is 0 Å². The van der Waals surface area contributed by atoms with Crippen LogP contribution in [0.2, 0.25) is 0 Å². The minimum Gasteiger partial charge on any atom is -0.454 e. The van der Waals surface area contributed by atoms with E-state index in [4.69, 9.17) is 10.2 Å². The minimum atomic E-state index is -0.546. The van der Waals surface area contributed by atoms with Crippen LogP contribution in [0.4, 0.5) is 0 Å². The summed E-state index contributed by atoms with van der Waals surface area (Å²) in [5.74, 6) is 2.88. The summed E-state index contributed by atoms with van der Waals surface area (Å²) in [6.45, 7) is 5.54. The number of rotatable bonds is 4. The van der Waals surface area contributed by atoms with Gasteiger partial charge in [0, 0.05) is 19.6 Å². The van der Waals surface area contributed by atoms with Gasteiger partial charge in [-0.2, -0.15) is 0 Å². The van der Waals surface area contributed by atoms with Crippen LogP contribution in [0.15, 0.2) is 21.5 Å². The second-order valence-corrected chi connectivity index (χ2v) is 6.51. The molecule has 2 atom stereocenters. The van der Waals surface area contributed by atoms with E-state index in [-0.39, 0.29) is 29.7 Å². The SMILES string of the molecule is CCNC(=NCc1ccc(C(N)=O)o1)N1CC2CCCCC2C1.I. The number of hydrogen-bond donors (Lipinski definition) is 2. The number of carbonyl (C=O) groups is 1. The van der Waals surface area contributed by atoms with Crippen LogP contribution in [0, 0.1) is 11.8 Å². The highest BCUT2D eigenvalue weighted by Gasteiger charge is 2.35. The number of primary amides is 1. The van der Waals surface area contributed by atoms with E-state index in [0.29, 0.717) is 12.3 Å². The first-order valence-corrected chi connectivity index (χ1v) is 8.59. The van der Waals surface area contributed by atoms with Crippen LogP contribution < -0.4 is 11.1 Å². The summed E-state index contributed by atoms with van der Waals surface area (Å²) in [5, 5.41) is 3.38. The van der Waals surface area contributed by atoms with Gasteiger partial charge >= 0.3 is 0 Å². The van der Waals surface area contributed by atoms with Gasteiger partial charge in [-0.3, -0.25) is 4.79 Å². The number of likely N-dealkylation sites (tertiary alicyclic amines) is 1. The largest absolute Gasteiger partial charge is 0.454 e. The molecule has 1 aromatic rings. The molecule has 0 aromatic carbocycles. The molecule has 6 nitrogen and oxygen atoms in total. The number of amides is 1. The van der Waals surface area contributed by atoms with E-state index in [1.807, 2.05) is 0 Å². The van der Waals surface area contributed by atoms with Crippen molar-refractivity contribution in [2.75, 3.05) is 19.6 Å². The van der Waals surface area contributed by atoms with Gasteiger partial charge in [0.2, 0.25) is 0 Å². The molecule has 1 saturated carbocycles. The Morgan fingerprint density at radius 3 is 2.54 bits per heavy atom. The molecule has 2 unspecified atom stereocenters. The molecule has 3 N–H and O–H groups in total. The van der Waals surface area contributed by atoms with E-state index in [1.165, 1.54) is 25.7 Å². The summed E-state index contributed by atoms with van der Waals surface area (Å²) in [6.07, 6.45) is 5.43. The molecule has 1 aromatic heterocycles. The highest BCUT2D eigenvalue weighted by atomic mass is 127. The lowest BCUT2D eigenvalue weighted by atomic mass is 9.82. The van der Waals surface area contributed by atoms with E-state index in [1.54, 1.807) is 12.1 Å². The van der Waals surface area contributed by atoms with Crippen LogP contribution >= 0.6 is 24.0 Å². The number of nitrogens with two attached hydrogens (primary N) is 1. The van der Waals surface area contributed by atoms with Gasteiger partial charge in [0.15, 0.2) is 11.7 Å². The number of fused-ring (bicyclic) bond motifs is 1. The quantitative estimate of drug-likeness (QED) is 0.423. The summed E-state index contributed by atoms with van der Waals surface area (Å²) in [5.41, 5.74) is 5.21. The Balaban J connectivity index is 0.00000208. The van der Waals surface area contributed by atoms with Crippen molar-refractivity contribution in [2.45, 2.75) is 39.2 Å². The van der Waals surface area contributed by atoms with Gasteiger partial charge in [-0.05, 0) is 43.7 Å². The zero-order valence-electron chi connectivity index (χ0n) is 14.2. The number of carbonyl (C=O) groups excluding carboxylic acids is 1. The van der Waals surface area contributed by atoms with Crippen molar-refractivity contribution >= 4 is 35.8 Å². The van der Waals surface area contributed by atoms with Crippen LogP contribution in [0.25, 0.3) is 0 Å². The van der Waals surface area contributed by atoms with E-state index >= 15 is 0 Å². The Morgan fingerprint density at radius 2 is 2.00 bits per heavy atom. The molecule has 134 valence electrons. The van der Waals surface area contributed by atoms with E-state index in [2.05, 4.69) is 22.1 Å². The fraction of sp³-hybridized carbons (Fsp3) is 0.647. The number of nitrogens with zero attached hydrogens (tertiary/aromatic N) is 2. The zero-order chi connectivity index (χ0) is 16.2. The summed E-state index contributed by atoms with van der Waals surface area (Å²) >= 11 is 0. The summed E-state index contributed by atoms with van der Waals surface area (Å²) in [6, 6.07) is 3.36. The zero-order valence-corrected chi connectivity index (χ0v) is 16.5. The normalized spacial score (nSPS) is 23.5. The fourth-order valence-electron chi connectivity index (χ4n) is 3.75. The molecule has 2 fully saturated rings. The second kappa shape index (κ2) is 8.73. The molecule has 1 aliphatic heterocycles. The molecular formula is C17H27IN4O2. The highest BCUT2D eigenvalue weighted by Crippen LogP contribution is 2.35. The number of halogens is 1. The predicted octanol–water partition coefficient (Wildman–Crippen LogP) is 2.58. The van der Waals surface area contributed by atoms with Gasteiger partial charge in [-0.1, -0.05) is 12.8 Å². The van der Waals surface area contributed by atoms with Gasteiger partial charge in [0.25, 0.3) is 5.91 Å². The van der Waals surface area contributed by atoms with Crippen molar-refractivity contribution in [3.8, 4) is 0 Å². The van der Waals surface area contributed by atoms with Crippen molar-refractivity contribution in [3.05, 3.63) is 23.7 Å². The van der Waals surface area contributed by atoms with Gasteiger partial charge in [-0.25, -0.2) is 4.99 Å². The third kappa shape index (κ3) is 4.43. The smallest absolute Gasteiger partial charge is 0.284 e. The average molecular weight is 446 g/mol. The summed E-state index contributed by atoms with van der Waals surface area (Å²) < 4.78 is 5.40. The summed E-state index contributed by atoms with van der Waals surface area (Å²) in [4.78, 5) is 18.1. The topological polar surface area (TPSA) is 83.9 Å². The average Bonchev–Trinajstić information content (AvgIpc) is 3.17. The number of guanidine groups is 1. The molecule has 7 heteroatoms.